The average Bonchev–Trinajstić information content (AvgIpc) is 2.55. The molecule has 0 unspecified atom stereocenters. The van der Waals surface area contributed by atoms with Gasteiger partial charge in [0.05, 0.1) is 13.3 Å². The van der Waals surface area contributed by atoms with E-state index in [9.17, 15) is 4.79 Å². The van der Waals surface area contributed by atoms with Crippen molar-refractivity contribution in [2.75, 3.05) is 7.11 Å². The van der Waals surface area contributed by atoms with Crippen LogP contribution in [0.15, 0.2) is 54.0 Å². The number of aromatic nitrogens is 2. The number of carbonyl (C=O) groups excluding carboxylic acids is 1. The van der Waals surface area contributed by atoms with Gasteiger partial charge in [-0.1, -0.05) is 18.2 Å². The molecular formula is C15H14N4O2. The smallest absolute Gasteiger partial charge is 0.291 e. The largest absolute Gasteiger partial charge is 0.496 e. The second-order valence-electron chi connectivity index (χ2n) is 3.91. The molecular weight excluding hydrogens is 268 g/mol. The van der Waals surface area contributed by atoms with Crippen LogP contribution in [0.3, 0.4) is 0 Å². The fraction of sp³-hybridized carbons (Fsp3) is 0.0667. The van der Waals surface area contributed by atoms with E-state index in [0.29, 0.717) is 0 Å². The van der Waals surface area contributed by atoms with Crippen LogP contribution in [-0.2, 0) is 0 Å². The van der Waals surface area contributed by atoms with E-state index in [-0.39, 0.29) is 5.69 Å². The molecule has 0 aliphatic carbocycles. The van der Waals surface area contributed by atoms with Crippen LogP contribution < -0.4 is 10.2 Å². The van der Waals surface area contributed by atoms with Crippen molar-refractivity contribution in [2.45, 2.75) is 0 Å². The Morgan fingerprint density at radius 3 is 2.95 bits per heavy atom. The van der Waals surface area contributed by atoms with Gasteiger partial charge in [0.15, 0.2) is 0 Å². The summed E-state index contributed by atoms with van der Waals surface area (Å²) in [5.74, 6) is 0.357. The van der Waals surface area contributed by atoms with E-state index in [2.05, 4.69) is 20.5 Å². The monoisotopic (exact) mass is 282 g/mol. The number of nitrogens with zero attached hydrogens (tertiary/aromatic N) is 3. The van der Waals surface area contributed by atoms with E-state index in [1.807, 2.05) is 30.3 Å². The van der Waals surface area contributed by atoms with Gasteiger partial charge in [0.2, 0.25) is 0 Å². The molecule has 6 heteroatoms. The van der Waals surface area contributed by atoms with E-state index in [4.69, 9.17) is 4.74 Å². The molecule has 6 nitrogen and oxygen atoms in total. The first-order valence-corrected chi connectivity index (χ1v) is 6.20. The van der Waals surface area contributed by atoms with Gasteiger partial charge in [-0.3, -0.25) is 9.78 Å². The molecule has 0 bridgehead atoms. The minimum Gasteiger partial charge on any atom is -0.496 e. The summed E-state index contributed by atoms with van der Waals surface area (Å²) < 4.78 is 5.22. The predicted octanol–water partition coefficient (Wildman–Crippen LogP) is 1.91. The summed E-state index contributed by atoms with van der Waals surface area (Å²) in [4.78, 5) is 19.3. The van der Waals surface area contributed by atoms with Crippen molar-refractivity contribution in [1.29, 1.82) is 0 Å². The molecule has 1 aromatic heterocycles. The third kappa shape index (κ3) is 4.24. The zero-order chi connectivity index (χ0) is 14.9. The molecule has 2 aromatic rings. The Labute approximate surface area is 122 Å². The van der Waals surface area contributed by atoms with Crippen LogP contribution in [0.5, 0.6) is 5.75 Å². The quantitative estimate of drug-likeness (QED) is 0.671. The van der Waals surface area contributed by atoms with E-state index in [1.54, 1.807) is 13.2 Å². The predicted molar refractivity (Wildman–Crippen MR) is 80.0 cm³/mol. The van der Waals surface area contributed by atoms with Gasteiger partial charge in [0.25, 0.3) is 5.91 Å². The molecule has 21 heavy (non-hydrogen) atoms. The molecule has 1 N–H and O–H groups in total. The first-order valence-electron chi connectivity index (χ1n) is 6.20. The summed E-state index contributed by atoms with van der Waals surface area (Å²) >= 11 is 0. The van der Waals surface area contributed by atoms with Gasteiger partial charge in [-0.2, -0.15) is 5.10 Å². The molecule has 0 atom stereocenters. The van der Waals surface area contributed by atoms with Crippen molar-refractivity contribution < 1.29 is 9.53 Å². The Balaban J connectivity index is 1.91. The van der Waals surface area contributed by atoms with Crippen molar-refractivity contribution in [3.05, 3.63) is 60.2 Å². The third-order valence-electron chi connectivity index (χ3n) is 2.54. The lowest BCUT2D eigenvalue weighted by Gasteiger charge is -2.02. The molecule has 0 aliphatic rings. The molecule has 0 radical (unpaired) electrons. The van der Waals surface area contributed by atoms with Gasteiger partial charge in [0.1, 0.15) is 11.4 Å². The number of hydrazone groups is 1. The molecule has 0 fully saturated rings. The molecule has 0 saturated carbocycles. The Morgan fingerprint density at radius 1 is 1.33 bits per heavy atom. The molecule has 1 amide bonds. The lowest BCUT2D eigenvalue weighted by molar-refractivity contribution is 0.0950. The Hall–Kier alpha value is -3.02. The van der Waals surface area contributed by atoms with Gasteiger partial charge in [0, 0.05) is 24.2 Å². The van der Waals surface area contributed by atoms with E-state index < -0.39 is 5.91 Å². The molecule has 1 aromatic carbocycles. The minimum absolute atomic E-state index is 0.211. The average molecular weight is 282 g/mol. The standard InChI is InChI=1S/C15H14N4O2/c1-21-14-7-3-2-5-12(14)6-4-8-18-19-15(20)13-11-16-9-10-17-13/h2-11H,1H3,(H,19,20)/b6-4-,18-8?. The van der Waals surface area contributed by atoms with Crippen LogP contribution in [0.2, 0.25) is 0 Å². The fourth-order valence-corrected chi connectivity index (χ4v) is 1.56. The summed E-state index contributed by atoms with van der Waals surface area (Å²) in [5, 5.41) is 3.80. The van der Waals surface area contributed by atoms with Crippen molar-refractivity contribution in [3.8, 4) is 5.75 Å². The number of methoxy groups -OCH3 is 1. The maximum Gasteiger partial charge on any atom is 0.291 e. The van der Waals surface area contributed by atoms with Gasteiger partial charge in [-0.25, -0.2) is 10.4 Å². The van der Waals surface area contributed by atoms with Gasteiger partial charge >= 0.3 is 0 Å². The van der Waals surface area contributed by atoms with Crippen molar-refractivity contribution in [3.63, 3.8) is 0 Å². The van der Waals surface area contributed by atoms with Crippen LogP contribution in [0.4, 0.5) is 0 Å². The van der Waals surface area contributed by atoms with Crippen molar-refractivity contribution >= 4 is 18.2 Å². The first-order chi connectivity index (χ1) is 10.3. The number of hydrogen-bond donors (Lipinski definition) is 1. The molecule has 0 spiro atoms. The molecule has 0 saturated heterocycles. The maximum atomic E-state index is 11.6. The summed E-state index contributed by atoms with van der Waals surface area (Å²) in [7, 11) is 1.61. The highest BCUT2D eigenvalue weighted by Crippen LogP contribution is 2.18. The number of nitrogens with one attached hydrogen (secondary N) is 1. The maximum absolute atomic E-state index is 11.6. The third-order valence-corrected chi connectivity index (χ3v) is 2.54. The topological polar surface area (TPSA) is 76.5 Å². The molecule has 2 rings (SSSR count). The normalized spacial score (nSPS) is 10.9. The second kappa shape index (κ2) is 7.54. The van der Waals surface area contributed by atoms with Crippen LogP contribution >= 0.6 is 0 Å². The number of benzene rings is 1. The Kier molecular flexibility index (Phi) is 5.17. The van der Waals surface area contributed by atoms with E-state index in [1.165, 1.54) is 24.8 Å². The SMILES string of the molecule is COc1ccccc1/C=C\C=NNC(=O)c1cnccn1. The van der Waals surface area contributed by atoms with E-state index in [0.717, 1.165) is 11.3 Å². The van der Waals surface area contributed by atoms with Crippen LogP contribution in [-0.4, -0.2) is 29.2 Å². The highest BCUT2D eigenvalue weighted by atomic mass is 16.5. The van der Waals surface area contributed by atoms with E-state index >= 15 is 0 Å². The van der Waals surface area contributed by atoms with Crippen molar-refractivity contribution in [2.24, 2.45) is 5.10 Å². The molecule has 0 aliphatic heterocycles. The number of para-hydroxylation sites is 1. The van der Waals surface area contributed by atoms with Gasteiger partial charge < -0.3 is 4.74 Å². The molecule has 106 valence electrons. The second-order valence-corrected chi connectivity index (χ2v) is 3.91. The minimum atomic E-state index is -0.412. The first kappa shape index (κ1) is 14.4. The highest BCUT2D eigenvalue weighted by Gasteiger charge is 2.03. The van der Waals surface area contributed by atoms with Crippen LogP contribution in [0.25, 0.3) is 6.08 Å². The number of carbonyl (C=O) groups is 1. The molecule has 1 heterocycles. The van der Waals surface area contributed by atoms with Crippen LogP contribution in [0, 0.1) is 0 Å². The highest BCUT2D eigenvalue weighted by molar-refractivity contribution is 5.92. The lowest BCUT2D eigenvalue weighted by atomic mass is 10.2. The number of amides is 1. The fourth-order valence-electron chi connectivity index (χ4n) is 1.56. The lowest BCUT2D eigenvalue weighted by Crippen LogP contribution is -2.18. The number of ether oxygens (including phenoxy) is 1. The Bertz CT molecular complexity index is 654. The van der Waals surface area contributed by atoms with Crippen LogP contribution in [0.1, 0.15) is 16.1 Å². The summed E-state index contributed by atoms with van der Waals surface area (Å²) in [5.41, 5.74) is 3.49. The number of hydrogen-bond acceptors (Lipinski definition) is 5. The summed E-state index contributed by atoms with van der Waals surface area (Å²) in [6, 6.07) is 7.59. The Morgan fingerprint density at radius 2 is 2.19 bits per heavy atom. The zero-order valence-electron chi connectivity index (χ0n) is 11.4. The zero-order valence-corrected chi connectivity index (χ0v) is 11.4. The van der Waals surface area contributed by atoms with Crippen molar-refractivity contribution in [1.82, 2.24) is 15.4 Å². The summed E-state index contributed by atoms with van der Waals surface area (Å²) in [6.45, 7) is 0. The number of rotatable bonds is 5. The van der Waals surface area contributed by atoms with Gasteiger partial charge in [-0.05, 0) is 18.2 Å². The summed E-state index contributed by atoms with van der Waals surface area (Å²) in [6.07, 6.45) is 9.32. The van der Waals surface area contributed by atoms with Gasteiger partial charge in [-0.15, -0.1) is 0 Å². The number of allylic oxidation sites excluding steroid dienone is 1.